The number of nitrogens with one attached hydrogen (secondary N) is 1. The lowest BCUT2D eigenvalue weighted by Crippen LogP contribution is -2.16. The Morgan fingerprint density at radius 2 is 2.10 bits per heavy atom. The number of benzene rings is 1. The first kappa shape index (κ1) is 13.9. The number of para-hydroxylation sites is 2. The third-order valence-corrected chi connectivity index (χ3v) is 2.61. The number of carbonyl (C=O) groups is 1. The van der Waals surface area contributed by atoms with Crippen molar-refractivity contribution in [3.8, 4) is 5.75 Å². The predicted octanol–water partition coefficient (Wildman–Crippen LogP) is 2.46. The Kier molecular flexibility index (Phi) is 3.88. The summed E-state index contributed by atoms with van der Waals surface area (Å²) in [5, 5.41) is 2.51. The van der Waals surface area contributed by atoms with Gasteiger partial charge in [0.15, 0.2) is 0 Å². The first-order valence-corrected chi connectivity index (χ1v) is 5.74. The van der Waals surface area contributed by atoms with Crippen molar-refractivity contribution < 1.29 is 18.3 Å². The number of nitrogens with zero attached hydrogens (tertiary/aromatic N) is 1. The van der Waals surface area contributed by atoms with Gasteiger partial charge >= 0.3 is 6.61 Å². The number of halogens is 2. The van der Waals surface area contributed by atoms with E-state index in [2.05, 4.69) is 10.1 Å². The molecular formula is C13H13F2N3O2. The van der Waals surface area contributed by atoms with Gasteiger partial charge in [0.1, 0.15) is 11.4 Å². The summed E-state index contributed by atoms with van der Waals surface area (Å²) in [6.45, 7) is -2.96. The van der Waals surface area contributed by atoms with Gasteiger partial charge in [0.05, 0.1) is 11.4 Å². The van der Waals surface area contributed by atoms with E-state index in [1.165, 1.54) is 24.3 Å². The fraction of sp³-hybridized carbons (Fsp3) is 0.154. The van der Waals surface area contributed by atoms with E-state index < -0.39 is 12.5 Å². The molecule has 1 amide bonds. The largest absolute Gasteiger partial charge is 0.433 e. The summed E-state index contributed by atoms with van der Waals surface area (Å²) in [6.07, 6.45) is 1.58. The number of alkyl halides is 2. The number of anilines is 2. The lowest BCUT2D eigenvalue weighted by atomic mass is 10.2. The van der Waals surface area contributed by atoms with Crippen LogP contribution >= 0.6 is 0 Å². The van der Waals surface area contributed by atoms with E-state index in [0.29, 0.717) is 11.4 Å². The van der Waals surface area contributed by atoms with E-state index in [1.54, 1.807) is 23.9 Å². The molecule has 0 atom stereocenters. The molecule has 5 nitrogen and oxygen atoms in total. The normalized spacial score (nSPS) is 10.6. The number of aryl methyl sites for hydroxylation is 1. The van der Waals surface area contributed by atoms with Gasteiger partial charge in [-0.15, -0.1) is 0 Å². The first-order chi connectivity index (χ1) is 9.47. The molecule has 1 heterocycles. The summed E-state index contributed by atoms with van der Waals surface area (Å²) in [6, 6.07) is 7.45. The van der Waals surface area contributed by atoms with Crippen LogP contribution in [0.1, 0.15) is 10.5 Å². The van der Waals surface area contributed by atoms with Crippen LogP contribution in [-0.4, -0.2) is 17.1 Å². The molecule has 0 unspecified atom stereocenters. The number of nitrogen functional groups attached to an aromatic ring is 1. The Hall–Kier alpha value is -2.57. The second kappa shape index (κ2) is 5.60. The van der Waals surface area contributed by atoms with Gasteiger partial charge in [-0.3, -0.25) is 4.79 Å². The van der Waals surface area contributed by atoms with Crippen LogP contribution in [0.3, 0.4) is 0 Å². The topological polar surface area (TPSA) is 69.3 Å². The first-order valence-electron chi connectivity index (χ1n) is 5.74. The van der Waals surface area contributed by atoms with Crippen LogP contribution in [0.4, 0.5) is 20.2 Å². The van der Waals surface area contributed by atoms with Gasteiger partial charge in [-0.05, 0) is 18.2 Å². The lowest BCUT2D eigenvalue weighted by Gasteiger charge is -2.11. The fourth-order valence-electron chi connectivity index (χ4n) is 1.77. The minimum Gasteiger partial charge on any atom is -0.433 e. The number of ether oxygens (including phenoxy) is 1. The molecule has 0 bridgehead atoms. The second-order valence-electron chi connectivity index (χ2n) is 4.10. The Balaban J connectivity index is 2.22. The van der Waals surface area contributed by atoms with Crippen LogP contribution in [0.2, 0.25) is 0 Å². The molecule has 0 radical (unpaired) electrons. The summed E-state index contributed by atoms with van der Waals surface area (Å²) < 4.78 is 30.4. The van der Waals surface area contributed by atoms with Crippen molar-refractivity contribution >= 4 is 17.3 Å². The van der Waals surface area contributed by atoms with Gasteiger partial charge < -0.3 is 20.4 Å². The maximum Gasteiger partial charge on any atom is 0.387 e. The number of nitrogens with two attached hydrogens (primary N) is 1. The quantitative estimate of drug-likeness (QED) is 0.904. The van der Waals surface area contributed by atoms with Crippen LogP contribution < -0.4 is 15.8 Å². The molecule has 7 heteroatoms. The van der Waals surface area contributed by atoms with Crippen molar-refractivity contribution in [1.82, 2.24) is 4.57 Å². The van der Waals surface area contributed by atoms with E-state index in [0.717, 1.165) is 0 Å². The summed E-state index contributed by atoms with van der Waals surface area (Å²) in [5.74, 6) is -0.562. The van der Waals surface area contributed by atoms with E-state index in [9.17, 15) is 13.6 Å². The number of rotatable bonds is 4. The summed E-state index contributed by atoms with van der Waals surface area (Å²) in [7, 11) is 1.66. The number of carbonyl (C=O) groups excluding carboxylic acids is 1. The molecule has 0 spiro atoms. The minimum absolute atomic E-state index is 0.0990. The molecule has 0 fully saturated rings. The highest BCUT2D eigenvalue weighted by molar-refractivity contribution is 6.04. The van der Waals surface area contributed by atoms with Crippen molar-refractivity contribution in [3.05, 3.63) is 42.2 Å². The standard InChI is InChI=1S/C13H13F2N3O2/c1-18-7-8(16)6-10(18)12(19)17-9-4-2-3-5-11(9)20-13(14)15/h2-7,13H,16H2,1H3,(H,17,19). The number of hydrogen-bond donors (Lipinski definition) is 2. The molecule has 0 aliphatic heterocycles. The highest BCUT2D eigenvalue weighted by Gasteiger charge is 2.15. The van der Waals surface area contributed by atoms with Crippen LogP contribution in [0.15, 0.2) is 36.5 Å². The highest BCUT2D eigenvalue weighted by atomic mass is 19.3. The SMILES string of the molecule is Cn1cc(N)cc1C(=O)Nc1ccccc1OC(F)F. The molecule has 20 heavy (non-hydrogen) atoms. The number of hydrogen-bond acceptors (Lipinski definition) is 3. The van der Waals surface area contributed by atoms with Crippen molar-refractivity contribution in [3.63, 3.8) is 0 Å². The minimum atomic E-state index is -2.96. The van der Waals surface area contributed by atoms with E-state index in [4.69, 9.17) is 5.73 Å². The Labute approximate surface area is 113 Å². The number of aromatic nitrogens is 1. The van der Waals surface area contributed by atoms with E-state index in [-0.39, 0.29) is 11.4 Å². The maximum atomic E-state index is 12.3. The van der Waals surface area contributed by atoms with Gasteiger partial charge in [0, 0.05) is 13.2 Å². The summed E-state index contributed by atoms with van der Waals surface area (Å²) in [4.78, 5) is 12.1. The van der Waals surface area contributed by atoms with Gasteiger partial charge in [-0.2, -0.15) is 8.78 Å². The Morgan fingerprint density at radius 1 is 1.40 bits per heavy atom. The molecule has 1 aromatic heterocycles. The van der Waals surface area contributed by atoms with Gasteiger partial charge in [-0.1, -0.05) is 12.1 Å². The number of amides is 1. The van der Waals surface area contributed by atoms with E-state index in [1.807, 2.05) is 0 Å². The Bertz CT molecular complexity index is 626. The molecular weight excluding hydrogens is 268 g/mol. The van der Waals surface area contributed by atoms with Gasteiger partial charge in [-0.25, -0.2) is 0 Å². The average Bonchev–Trinajstić information content (AvgIpc) is 2.70. The molecule has 0 aliphatic carbocycles. The zero-order valence-electron chi connectivity index (χ0n) is 10.6. The third-order valence-electron chi connectivity index (χ3n) is 2.61. The van der Waals surface area contributed by atoms with Crippen molar-refractivity contribution in [2.24, 2.45) is 7.05 Å². The smallest absolute Gasteiger partial charge is 0.387 e. The van der Waals surface area contributed by atoms with Crippen LogP contribution in [-0.2, 0) is 7.05 Å². The van der Waals surface area contributed by atoms with E-state index >= 15 is 0 Å². The molecule has 1 aromatic carbocycles. The molecule has 0 saturated carbocycles. The van der Waals surface area contributed by atoms with Crippen LogP contribution in [0, 0.1) is 0 Å². The zero-order valence-corrected chi connectivity index (χ0v) is 10.6. The Morgan fingerprint density at radius 3 is 2.70 bits per heavy atom. The van der Waals surface area contributed by atoms with Gasteiger partial charge in [0.25, 0.3) is 5.91 Å². The van der Waals surface area contributed by atoms with Crippen LogP contribution in [0.25, 0.3) is 0 Å². The van der Waals surface area contributed by atoms with Crippen molar-refractivity contribution in [2.75, 3.05) is 11.1 Å². The van der Waals surface area contributed by atoms with Gasteiger partial charge in [0.2, 0.25) is 0 Å². The van der Waals surface area contributed by atoms with Crippen molar-refractivity contribution in [1.29, 1.82) is 0 Å². The molecule has 106 valence electrons. The highest BCUT2D eigenvalue weighted by Crippen LogP contribution is 2.26. The van der Waals surface area contributed by atoms with Crippen molar-refractivity contribution in [2.45, 2.75) is 6.61 Å². The lowest BCUT2D eigenvalue weighted by molar-refractivity contribution is -0.0493. The molecule has 0 saturated heterocycles. The maximum absolute atomic E-state index is 12.3. The monoisotopic (exact) mass is 281 g/mol. The fourth-order valence-corrected chi connectivity index (χ4v) is 1.77. The molecule has 0 aliphatic rings. The second-order valence-corrected chi connectivity index (χ2v) is 4.10. The third kappa shape index (κ3) is 3.05. The predicted molar refractivity (Wildman–Crippen MR) is 70.9 cm³/mol. The zero-order chi connectivity index (χ0) is 14.7. The molecule has 2 aromatic rings. The van der Waals surface area contributed by atoms with Crippen LogP contribution in [0.5, 0.6) is 5.75 Å². The average molecular weight is 281 g/mol. The molecule has 3 N–H and O–H groups in total. The summed E-state index contributed by atoms with van der Waals surface area (Å²) in [5.41, 5.74) is 6.50. The molecule has 2 rings (SSSR count). The summed E-state index contributed by atoms with van der Waals surface area (Å²) >= 11 is 0.